The van der Waals surface area contributed by atoms with Crippen molar-refractivity contribution in [1.82, 2.24) is 4.98 Å². The largest absolute Gasteiger partial charge is 0.256 e. The Labute approximate surface area is 210 Å². The first-order valence-electron chi connectivity index (χ1n) is 12.7. The topological polar surface area (TPSA) is 12.9 Å². The molecule has 0 atom stereocenters. The van der Waals surface area contributed by atoms with Crippen LogP contribution < -0.4 is 0 Å². The van der Waals surface area contributed by atoms with Gasteiger partial charge in [0, 0.05) is 11.8 Å². The summed E-state index contributed by atoms with van der Waals surface area (Å²) in [5, 5.41) is 0.0899. The van der Waals surface area contributed by atoms with Crippen molar-refractivity contribution in [1.29, 1.82) is 0 Å². The first-order valence-corrected chi connectivity index (χ1v) is 12.7. The van der Waals surface area contributed by atoms with E-state index in [1.54, 1.807) is 0 Å². The van der Waals surface area contributed by atoms with Gasteiger partial charge in [-0.3, -0.25) is 4.98 Å². The minimum atomic E-state index is -0.00326. The zero-order chi connectivity index (χ0) is 25.8. The predicted octanol–water partition coefficient (Wildman–Crippen LogP) is 1.14. The smallest absolute Gasteiger partial charge is 0.105 e. The van der Waals surface area contributed by atoms with Gasteiger partial charge >= 0.3 is 0 Å². The van der Waals surface area contributed by atoms with E-state index in [1.807, 2.05) is 0 Å². The van der Waals surface area contributed by atoms with E-state index in [0.29, 0.717) is 0 Å². The fraction of sp³-hybridized carbons (Fsp3) is 0.577. The number of hydrogen-bond acceptors (Lipinski definition) is 1. The predicted molar refractivity (Wildman–Crippen MR) is 164 cm³/mol. The number of hydrogen-bond donors (Lipinski definition) is 0. The summed E-state index contributed by atoms with van der Waals surface area (Å²) in [5.74, 6) is 0. The third kappa shape index (κ3) is 5.08. The minimum absolute atomic E-state index is 0.00300. The molecule has 0 aliphatic heterocycles. The van der Waals surface area contributed by atoms with E-state index in [-0.39, 0.29) is 31.9 Å². The van der Waals surface area contributed by atoms with Crippen molar-refractivity contribution in [2.45, 2.75) is 78.0 Å². The molecule has 1 aromatic carbocycles. The lowest BCUT2D eigenvalue weighted by atomic mass is 9.35. The van der Waals surface area contributed by atoms with Crippen LogP contribution in [0.2, 0.25) is 0 Å². The van der Waals surface area contributed by atoms with Crippen LogP contribution in [0.4, 0.5) is 0 Å². The van der Waals surface area contributed by atoms with Gasteiger partial charge in [0.15, 0.2) is 0 Å². The van der Waals surface area contributed by atoms with Gasteiger partial charge in [-0.15, -0.1) is 0 Å². The molecule has 2 rings (SSSR count). The molecule has 0 fully saturated rings. The van der Waals surface area contributed by atoms with E-state index >= 15 is 0 Å². The van der Waals surface area contributed by atoms with Crippen LogP contribution in [0.3, 0.4) is 0 Å². The second-order valence-corrected chi connectivity index (χ2v) is 14.8. The molecule has 0 spiro atoms. The zero-order valence-corrected chi connectivity index (χ0v) is 24.4. The van der Waals surface area contributed by atoms with Gasteiger partial charge in [-0.25, -0.2) is 0 Å². The average molecular weight is 437 g/mol. The maximum Gasteiger partial charge on any atom is 0.105 e. The van der Waals surface area contributed by atoms with E-state index in [9.17, 15) is 0 Å². The maximum absolute atomic E-state index is 5.03. The van der Waals surface area contributed by atoms with E-state index in [1.165, 1.54) is 22.3 Å². The Morgan fingerprint density at radius 1 is 0.545 bits per heavy atom. The molecule has 0 saturated carbocycles. The fourth-order valence-electron chi connectivity index (χ4n) is 3.93. The molecule has 1 nitrogen and oxygen atoms in total. The van der Waals surface area contributed by atoms with Gasteiger partial charge in [-0.2, -0.15) is 0 Å². The molecule has 1 heterocycles. The van der Waals surface area contributed by atoms with Crippen LogP contribution in [-0.2, 0) is 15.6 Å². The van der Waals surface area contributed by atoms with Crippen molar-refractivity contribution < 1.29 is 0 Å². The van der Waals surface area contributed by atoms with Gasteiger partial charge in [0.25, 0.3) is 0 Å². The lowest BCUT2D eigenvalue weighted by Gasteiger charge is -2.47. The number of nitrogens with zero attached hydrogens (tertiary/aromatic N) is 1. The van der Waals surface area contributed by atoms with Crippen LogP contribution in [0.15, 0.2) is 36.5 Å². The first kappa shape index (κ1) is 28.0. The molecule has 0 bridgehead atoms. The number of rotatable bonds is 4. The minimum Gasteiger partial charge on any atom is -0.256 e. The molecule has 0 saturated heterocycles. The Hall–Kier alpha value is -1.24. The highest BCUT2D eigenvalue weighted by Gasteiger charge is 2.42. The van der Waals surface area contributed by atoms with Crippen LogP contribution in [0, 0.1) is 16.2 Å². The standard InChI is InChI=1S/C26H45B6N/c1-21(2,3)24(27,28)17-12-10-16(11-13-17)20-14-18(25(29,30)22(4,5)6)19(15-33-20)26(31,32)23(7,8)9/h10-15H,27-32H2,1-9H3. The Bertz CT molecular complexity index is 987. The van der Waals surface area contributed by atoms with Crippen molar-refractivity contribution in [2.24, 2.45) is 16.2 Å². The van der Waals surface area contributed by atoms with Gasteiger partial charge in [0.1, 0.15) is 47.1 Å². The Balaban J connectivity index is 2.70. The van der Waals surface area contributed by atoms with Gasteiger partial charge < -0.3 is 0 Å². The highest BCUT2D eigenvalue weighted by atomic mass is 14.7. The Morgan fingerprint density at radius 2 is 0.939 bits per heavy atom. The van der Waals surface area contributed by atoms with Crippen LogP contribution in [-0.4, -0.2) is 52.1 Å². The molecular formula is C26H45B6N. The summed E-state index contributed by atoms with van der Waals surface area (Å²) in [6.07, 6.45) is 2.16. The highest BCUT2D eigenvalue weighted by Crippen LogP contribution is 2.45. The average Bonchev–Trinajstić information content (AvgIpc) is 2.65. The molecule has 0 N–H and O–H groups in total. The summed E-state index contributed by atoms with van der Waals surface area (Å²) >= 11 is 0. The third-order valence-electron chi connectivity index (χ3n) is 9.78. The summed E-state index contributed by atoms with van der Waals surface area (Å²) in [6.45, 7) is 21.0. The van der Waals surface area contributed by atoms with Gasteiger partial charge in [0.2, 0.25) is 0 Å². The van der Waals surface area contributed by atoms with Gasteiger partial charge in [0.05, 0.1) is 5.69 Å². The summed E-state index contributed by atoms with van der Waals surface area (Å²) in [6, 6.07) is 11.5. The number of benzene rings is 1. The molecule has 0 radical (unpaired) electrons. The van der Waals surface area contributed by atoms with E-state index in [2.05, 4.69) is 146 Å². The number of aromatic nitrogens is 1. The molecule has 172 valence electrons. The second kappa shape index (κ2) is 8.46. The molecule has 2 aromatic rings. The zero-order valence-electron chi connectivity index (χ0n) is 24.4. The lowest BCUT2D eigenvalue weighted by molar-refractivity contribution is 0.335. The monoisotopic (exact) mass is 437 g/mol. The van der Waals surface area contributed by atoms with Gasteiger partial charge in [-0.1, -0.05) is 113 Å². The van der Waals surface area contributed by atoms with Gasteiger partial charge in [-0.05, 0) is 27.9 Å². The molecule has 33 heavy (non-hydrogen) atoms. The maximum atomic E-state index is 5.03. The molecule has 0 unspecified atom stereocenters. The molecule has 0 aliphatic rings. The van der Waals surface area contributed by atoms with E-state index in [0.717, 1.165) is 5.69 Å². The normalized spacial score (nSPS) is 14.3. The highest BCUT2D eigenvalue weighted by molar-refractivity contribution is 6.43. The van der Waals surface area contributed by atoms with Crippen molar-refractivity contribution in [3.8, 4) is 11.3 Å². The number of pyridine rings is 1. The second-order valence-electron chi connectivity index (χ2n) is 14.8. The fourth-order valence-corrected chi connectivity index (χ4v) is 3.93. The quantitative estimate of drug-likeness (QED) is 0.656. The molecule has 7 heteroatoms. The van der Waals surface area contributed by atoms with Crippen LogP contribution in [0.1, 0.15) is 79.0 Å². The molecule has 0 amide bonds. The molecule has 1 aromatic heterocycles. The summed E-state index contributed by atoms with van der Waals surface area (Å²) in [5.41, 5.74) is 6.85. The Kier molecular flexibility index (Phi) is 7.17. The lowest BCUT2D eigenvalue weighted by Crippen LogP contribution is -2.47. The van der Waals surface area contributed by atoms with Crippen molar-refractivity contribution in [3.63, 3.8) is 0 Å². The van der Waals surface area contributed by atoms with Crippen molar-refractivity contribution in [2.75, 3.05) is 0 Å². The van der Waals surface area contributed by atoms with Crippen molar-refractivity contribution >= 4 is 47.1 Å². The Morgan fingerprint density at radius 3 is 1.33 bits per heavy atom. The third-order valence-corrected chi connectivity index (χ3v) is 9.78. The SMILES string of the molecule is BC(B)(c1ccc(-c2cc(C(B)(B)C(C)(C)C)c(C(B)(B)C(C)(C)C)cn2)cc1)C(C)(C)C. The van der Waals surface area contributed by atoms with Crippen molar-refractivity contribution in [3.05, 3.63) is 53.2 Å². The summed E-state index contributed by atoms with van der Waals surface area (Å²) < 4.78 is 0. The summed E-state index contributed by atoms with van der Waals surface area (Å²) in [7, 11) is 14.2. The van der Waals surface area contributed by atoms with Crippen LogP contribution in [0.25, 0.3) is 11.3 Å². The molecular weight excluding hydrogens is 391 g/mol. The van der Waals surface area contributed by atoms with Crippen LogP contribution in [0.5, 0.6) is 0 Å². The molecule has 0 aliphatic carbocycles. The van der Waals surface area contributed by atoms with Crippen LogP contribution >= 0.6 is 0 Å². The summed E-state index contributed by atoms with van der Waals surface area (Å²) in [4.78, 5) is 5.03. The first-order chi connectivity index (χ1) is 14.5. The van der Waals surface area contributed by atoms with E-state index < -0.39 is 0 Å². The van der Waals surface area contributed by atoms with E-state index in [4.69, 9.17) is 4.98 Å².